The van der Waals surface area contributed by atoms with Crippen molar-refractivity contribution in [2.75, 3.05) is 5.32 Å². The zero-order chi connectivity index (χ0) is 21.3. The molecule has 7 nitrogen and oxygen atoms in total. The Bertz CT molecular complexity index is 1220. The van der Waals surface area contributed by atoms with E-state index in [0.717, 1.165) is 16.3 Å². The van der Waals surface area contributed by atoms with Gasteiger partial charge in [0.25, 0.3) is 0 Å². The highest BCUT2D eigenvalue weighted by Crippen LogP contribution is 2.33. The summed E-state index contributed by atoms with van der Waals surface area (Å²) >= 11 is 0. The van der Waals surface area contributed by atoms with Crippen molar-refractivity contribution >= 4 is 22.3 Å². The largest absolute Gasteiger partial charge is 0.435 e. The summed E-state index contributed by atoms with van der Waals surface area (Å²) in [7, 11) is 0. The van der Waals surface area contributed by atoms with Gasteiger partial charge in [0.2, 0.25) is 0 Å². The molecule has 4 aromatic rings. The van der Waals surface area contributed by atoms with Gasteiger partial charge in [0.1, 0.15) is 5.69 Å². The van der Waals surface area contributed by atoms with Crippen LogP contribution in [-0.2, 0) is 12.7 Å². The average Bonchev–Trinajstić information content (AvgIpc) is 3.23. The van der Waals surface area contributed by atoms with E-state index in [9.17, 15) is 23.3 Å². The molecule has 30 heavy (non-hydrogen) atoms. The van der Waals surface area contributed by atoms with E-state index in [1.54, 1.807) is 54.7 Å². The van der Waals surface area contributed by atoms with Crippen LogP contribution >= 0.6 is 0 Å². The summed E-state index contributed by atoms with van der Waals surface area (Å²) in [6.45, 7) is 0.291. The topological polar surface area (TPSA) is 85.9 Å². The minimum Gasteiger partial charge on any atom is -0.375 e. The molecule has 10 heteroatoms. The molecule has 0 bridgehead atoms. The first kappa shape index (κ1) is 19.4. The van der Waals surface area contributed by atoms with E-state index in [-0.39, 0.29) is 5.69 Å². The monoisotopic (exact) mass is 413 g/mol. The molecule has 0 unspecified atom stereocenters. The van der Waals surface area contributed by atoms with Gasteiger partial charge < -0.3 is 5.32 Å². The first-order chi connectivity index (χ1) is 14.3. The summed E-state index contributed by atoms with van der Waals surface area (Å²) in [5.74, 6) is 0. The van der Waals surface area contributed by atoms with E-state index >= 15 is 0 Å². The molecule has 0 aliphatic carbocycles. The van der Waals surface area contributed by atoms with Crippen LogP contribution in [0.15, 0.2) is 67.0 Å². The number of halogens is 3. The van der Waals surface area contributed by atoms with Crippen LogP contribution in [0, 0.1) is 10.1 Å². The van der Waals surface area contributed by atoms with Gasteiger partial charge in [-0.2, -0.15) is 18.3 Å². The van der Waals surface area contributed by atoms with Crippen molar-refractivity contribution in [3.05, 3.63) is 88.4 Å². The number of benzene rings is 2. The molecule has 0 radical (unpaired) electrons. The Balaban J connectivity index is 1.53. The van der Waals surface area contributed by atoms with Crippen molar-refractivity contribution in [2.24, 2.45) is 0 Å². The van der Waals surface area contributed by atoms with Gasteiger partial charge in [0, 0.05) is 18.9 Å². The Kier molecular flexibility index (Phi) is 4.82. The zero-order valence-electron chi connectivity index (χ0n) is 15.3. The fraction of sp³-hybridized carbons (Fsp3) is 0.100. The number of pyridine rings is 1. The van der Waals surface area contributed by atoms with Crippen molar-refractivity contribution in [1.29, 1.82) is 0 Å². The second kappa shape index (κ2) is 7.47. The second-order valence-electron chi connectivity index (χ2n) is 6.45. The third-order valence-electron chi connectivity index (χ3n) is 4.50. The molecule has 2 aromatic heterocycles. The number of nitro groups is 1. The molecule has 0 amide bonds. The average molecular weight is 413 g/mol. The molecular weight excluding hydrogens is 399 g/mol. The summed E-state index contributed by atoms with van der Waals surface area (Å²) < 4.78 is 39.2. The van der Waals surface area contributed by atoms with E-state index in [0.29, 0.717) is 28.8 Å². The van der Waals surface area contributed by atoms with Gasteiger partial charge in [0.15, 0.2) is 5.69 Å². The molecule has 152 valence electrons. The standard InChI is InChI=1S/C20H14F3N5O2/c21-20(22,23)18-9-11-27(26-18)14-5-3-13(4-6-14)12-25-17-8-7-16-15(2-1-10-24-16)19(17)28(29)30/h1-11,25H,12H2. The number of anilines is 1. The number of nitro benzene ring substituents is 1. The number of rotatable bonds is 5. The maximum absolute atomic E-state index is 12.7. The molecular formula is C20H14F3N5O2. The molecule has 0 aliphatic heterocycles. The Morgan fingerprint density at radius 3 is 2.50 bits per heavy atom. The fourth-order valence-corrected chi connectivity index (χ4v) is 3.06. The van der Waals surface area contributed by atoms with Gasteiger partial charge >= 0.3 is 11.9 Å². The minimum absolute atomic E-state index is 0.0616. The van der Waals surface area contributed by atoms with Gasteiger partial charge in [-0.25, -0.2) is 4.68 Å². The van der Waals surface area contributed by atoms with Gasteiger partial charge in [0.05, 0.1) is 21.5 Å². The Labute approximate surface area is 167 Å². The quantitative estimate of drug-likeness (QED) is 0.369. The first-order valence-corrected chi connectivity index (χ1v) is 8.81. The normalized spacial score (nSPS) is 11.6. The van der Waals surface area contributed by atoms with Crippen LogP contribution in [-0.4, -0.2) is 19.7 Å². The fourth-order valence-electron chi connectivity index (χ4n) is 3.06. The van der Waals surface area contributed by atoms with E-state index in [1.807, 2.05) is 0 Å². The van der Waals surface area contributed by atoms with Crippen LogP contribution in [0.3, 0.4) is 0 Å². The first-order valence-electron chi connectivity index (χ1n) is 8.81. The SMILES string of the molecule is O=[N+]([O-])c1c(NCc2ccc(-n3ccc(C(F)(F)F)n3)cc2)ccc2ncccc12. The number of aromatic nitrogens is 3. The van der Waals surface area contributed by atoms with Gasteiger partial charge in [-0.1, -0.05) is 12.1 Å². The Morgan fingerprint density at radius 2 is 1.83 bits per heavy atom. The molecule has 0 aliphatic rings. The lowest BCUT2D eigenvalue weighted by Gasteiger charge is -2.10. The lowest BCUT2D eigenvalue weighted by Crippen LogP contribution is -2.07. The predicted molar refractivity (Wildman–Crippen MR) is 104 cm³/mol. The highest BCUT2D eigenvalue weighted by Gasteiger charge is 2.33. The zero-order valence-corrected chi connectivity index (χ0v) is 15.3. The maximum Gasteiger partial charge on any atom is 0.435 e. The Morgan fingerprint density at radius 1 is 1.07 bits per heavy atom. The molecule has 0 fully saturated rings. The van der Waals surface area contributed by atoms with Crippen LogP contribution < -0.4 is 5.32 Å². The van der Waals surface area contributed by atoms with E-state index in [4.69, 9.17) is 0 Å². The highest BCUT2D eigenvalue weighted by molar-refractivity contribution is 5.94. The van der Waals surface area contributed by atoms with E-state index in [1.165, 1.54) is 6.20 Å². The molecule has 0 spiro atoms. The van der Waals surface area contributed by atoms with Crippen molar-refractivity contribution < 1.29 is 18.1 Å². The second-order valence-corrected chi connectivity index (χ2v) is 6.45. The molecule has 0 saturated carbocycles. The number of hydrogen-bond acceptors (Lipinski definition) is 5. The predicted octanol–water partition coefficient (Wildman–Crippen LogP) is 4.96. The lowest BCUT2D eigenvalue weighted by molar-refractivity contribution is -0.382. The molecule has 0 atom stereocenters. The molecule has 1 N–H and O–H groups in total. The molecule has 2 heterocycles. The van der Waals surface area contributed by atoms with Crippen LogP contribution in [0.2, 0.25) is 0 Å². The van der Waals surface area contributed by atoms with Crippen LogP contribution in [0.25, 0.3) is 16.6 Å². The summed E-state index contributed by atoms with van der Waals surface area (Å²) in [5, 5.41) is 18.6. The summed E-state index contributed by atoms with van der Waals surface area (Å²) in [6.07, 6.45) is -1.69. The maximum atomic E-state index is 12.7. The van der Waals surface area contributed by atoms with Crippen LogP contribution in [0.5, 0.6) is 0 Å². The number of fused-ring (bicyclic) bond motifs is 1. The van der Waals surface area contributed by atoms with Gasteiger partial charge in [-0.05, 0) is 48.0 Å². The smallest absolute Gasteiger partial charge is 0.375 e. The number of hydrogen-bond donors (Lipinski definition) is 1. The summed E-state index contributed by atoms with van der Waals surface area (Å²) in [5.41, 5.74) is 1.11. The number of nitrogens with zero attached hydrogens (tertiary/aromatic N) is 4. The minimum atomic E-state index is -4.50. The van der Waals surface area contributed by atoms with Crippen LogP contribution in [0.4, 0.5) is 24.5 Å². The van der Waals surface area contributed by atoms with Gasteiger partial charge in [-0.15, -0.1) is 0 Å². The molecule has 0 saturated heterocycles. The third-order valence-corrected chi connectivity index (χ3v) is 4.50. The number of nitrogens with one attached hydrogen (secondary N) is 1. The van der Waals surface area contributed by atoms with Gasteiger partial charge in [-0.3, -0.25) is 15.1 Å². The van der Waals surface area contributed by atoms with Crippen LogP contribution in [0.1, 0.15) is 11.3 Å². The van der Waals surface area contributed by atoms with E-state index < -0.39 is 16.8 Å². The molecule has 2 aromatic carbocycles. The third kappa shape index (κ3) is 3.79. The summed E-state index contributed by atoms with van der Waals surface area (Å²) in [4.78, 5) is 15.2. The molecule has 4 rings (SSSR count). The van der Waals surface area contributed by atoms with Crippen molar-refractivity contribution in [2.45, 2.75) is 12.7 Å². The van der Waals surface area contributed by atoms with E-state index in [2.05, 4.69) is 15.4 Å². The van der Waals surface area contributed by atoms with Crippen molar-refractivity contribution in [3.63, 3.8) is 0 Å². The van der Waals surface area contributed by atoms with Crippen molar-refractivity contribution in [3.8, 4) is 5.69 Å². The number of alkyl halides is 3. The Hall–Kier alpha value is -3.95. The lowest BCUT2D eigenvalue weighted by atomic mass is 10.1. The summed E-state index contributed by atoms with van der Waals surface area (Å²) in [6, 6.07) is 14.2. The van der Waals surface area contributed by atoms with Crippen molar-refractivity contribution in [1.82, 2.24) is 14.8 Å². The highest BCUT2D eigenvalue weighted by atomic mass is 19.4.